The molecule has 1 N–H and O–H groups in total. The number of carbonyl (C=O) groups is 1. The molecule has 3 rings (SSSR count). The smallest absolute Gasteiger partial charge is 0.303 e. The summed E-state index contributed by atoms with van der Waals surface area (Å²) in [5.74, 6) is 0. The Balaban J connectivity index is 1.91. The molecule has 1 aromatic carbocycles. The van der Waals surface area contributed by atoms with Crippen LogP contribution in [0.25, 0.3) is 0 Å². The van der Waals surface area contributed by atoms with Gasteiger partial charge in [-0.2, -0.15) is 0 Å². The van der Waals surface area contributed by atoms with Gasteiger partial charge in [-0.05, 0) is 12.1 Å². The van der Waals surface area contributed by atoms with Gasteiger partial charge in [-0.3, -0.25) is 4.98 Å². The van der Waals surface area contributed by atoms with Crippen LogP contribution >= 0.6 is 0 Å². The summed E-state index contributed by atoms with van der Waals surface area (Å²) in [5, 5.41) is 4.39. The fourth-order valence-electron chi connectivity index (χ4n) is 2.03. The summed E-state index contributed by atoms with van der Waals surface area (Å²) in [6.07, 6.45) is 3.35. The number of nitrogens with one attached hydrogen (secondary N) is 1. The predicted molar refractivity (Wildman–Crippen MR) is 72.3 cm³/mol. The van der Waals surface area contributed by atoms with Gasteiger partial charge >= 0.3 is 6.03 Å². The number of aromatic nitrogens is 1. The van der Waals surface area contributed by atoms with Gasteiger partial charge in [0.25, 0.3) is 5.69 Å². The third-order valence-corrected chi connectivity index (χ3v) is 3.05. The van der Waals surface area contributed by atoms with Crippen LogP contribution in [0.1, 0.15) is 5.56 Å². The lowest BCUT2D eigenvalue weighted by Crippen LogP contribution is -2.43. The first-order chi connectivity index (χ1) is 9.25. The number of rotatable bonds is 2. The molecule has 0 saturated heterocycles. The second kappa shape index (κ2) is 4.53. The standard InChI is InChI=1S/C14H12N4O/c1-17(12-6-4-8-15-9-12)18-10-11-5-2-3-7-13(11)16-14(18)19/h2-9H,1,10H2/p+1. The molecule has 0 fully saturated rings. The fourth-order valence-corrected chi connectivity index (χ4v) is 2.03. The average Bonchev–Trinajstić information content (AvgIpc) is 2.47. The van der Waals surface area contributed by atoms with E-state index in [-0.39, 0.29) is 6.03 Å². The highest BCUT2D eigenvalue weighted by Crippen LogP contribution is 2.24. The van der Waals surface area contributed by atoms with Crippen molar-refractivity contribution in [2.24, 2.45) is 0 Å². The van der Waals surface area contributed by atoms with Crippen molar-refractivity contribution in [3.05, 3.63) is 54.4 Å². The summed E-state index contributed by atoms with van der Waals surface area (Å²) in [6.45, 7) is 4.40. The molecular weight excluding hydrogens is 240 g/mol. The molecule has 19 heavy (non-hydrogen) atoms. The Labute approximate surface area is 110 Å². The van der Waals surface area contributed by atoms with Gasteiger partial charge < -0.3 is 5.32 Å². The van der Waals surface area contributed by atoms with Crippen LogP contribution < -0.4 is 5.32 Å². The van der Waals surface area contributed by atoms with Crippen molar-refractivity contribution in [2.75, 3.05) is 5.32 Å². The number of fused-ring (bicyclic) bond motifs is 1. The largest absolute Gasteiger partial charge is 0.375 e. The zero-order valence-electron chi connectivity index (χ0n) is 10.3. The molecule has 2 heterocycles. The van der Waals surface area contributed by atoms with Gasteiger partial charge in [0.05, 0.1) is 0 Å². The van der Waals surface area contributed by atoms with Crippen LogP contribution in [0.5, 0.6) is 0 Å². The van der Waals surface area contributed by atoms with Crippen LogP contribution in [0, 0.1) is 0 Å². The molecule has 0 bridgehead atoms. The van der Waals surface area contributed by atoms with E-state index in [0.29, 0.717) is 6.54 Å². The lowest BCUT2D eigenvalue weighted by Gasteiger charge is -2.24. The van der Waals surface area contributed by atoms with Crippen LogP contribution in [0.4, 0.5) is 16.2 Å². The van der Waals surface area contributed by atoms with E-state index < -0.39 is 0 Å². The van der Waals surface area contributed by atoms with Crippen LogP contribution in [0.2, 0.25) is 0 Å². The summed E-state index contributed by atoms with van der Waals surface area (Å²) >= 11 is 0. The molecule has 1 aliphatic rings. The lowest BCUT2D eigenvalue weighted by molar-refractivity contribution is -0.595. The SMILES string of the molecule is C=[N+](c1cccnc1)N1Cc2ccccc2NC1=O. The van der Waals surface area contributed by atoms with Gasteiger partial charge in [-0.25, -0.2) is 4.79 Å². The Hall–Kier alpha value is -2.69. The molecule has 0 aliphatic carbocycles. The molecule has 0 saturated carbocycles. The van der Waals surface area contributed by atoms with Crippen molar-refractivity contribution in [1.29, 1.82) is 0 Å². The molecule has 0 atom stereocenters. The van der Waals surface area contributed by atoms with E-state index in [1.54, 1.807) is 22.1 Å². The third-order valence-electron chi connectivity index (χ3n) is 3.05. The van der Waals surface area contributed by atoms with Crippen molar-refractivity contribution in [2.45, 2.75) is 6.54 Å². The van der Waals surface area contributed by atoms with Crippen molar-refractivity contribution < 1.29 is 9.48 Å². The molecule has 0 spiro atoms. The highest BCUT2D eigenvalue weighted by Gasteiger charge is 2.30. The number of hydrogen-bond donors (Lipinski definition) is 1. The van der Waals surface area contributed by atoms with Crippen LogP contribution in [0.3, 0.4) is 0 Å². The number of pyridine rings is 1. The van der Waals surface area contributed by atoms with Gasteiger partial charge in [0.15, 0.2) is 6.72 Å². The van der Waals surface area contributed by atoms with E-state index in [2.05, 4.69) is 17.0 Å². The minimum atomic E-state index is -0.197. The summed E-state index contributed by atoms with van der Waals surface area (Å²) in [6, 6.07) is 11.2. The number of urea groups is 1. The first kappa shape index (κ1) is 11.4. The van der Waals surface area contributed by atoms with Crippen LogP contribution in [0.15, 0.2) is 48.8 Å². The van der Waals surface area contributed by atoms with Crippen molar-refractivity contribution in [3.8, 4) is 0 Å². The molecule has 5 heteroatoms. The number of carbonyl (C=O) groups excluding carboxylic acids is 1. The zero-order valence-corrected chi connectivity index (χ0v) is 10.3. The van der Waals surface area contributed by atoms with Crippen molar-refractivity contribution in [1.82, 2.24) is 9.99 Å². The minimum Gasteiger partial charge on any atom is -0.303 e. The van der Waals surface area contributed by atoms with E-state index >= 15 is 0 Å². The zero-order chi connectivity index (χ0) is 13.2. The minimum absolute atomic E-state index is 0.197. The Kier molecular flexibility index (Phi) is 2.72. The number of amides is 2. The Bertz CT molecular complexity index is 639. The van der Waals surface area contributed by atoms with Gasteiger partial charge in [0.1, 0.15) is 12.7 Å². The number of hydrazine groups is 1. The Morgan fingerprint density at radius 2 is 2.11 bits per heavy atom. The number of hydrazone groups is 1. The molecule has 2 aromatic rings. The summed E-state index contributed by atoms with van der Waals surface area (Å²) in [4.78, 5) is 16.1. The number of anilines is 1. The molecule has 94 valence electrons. The number of para-hydroxylation sites is 1. The summed E-state index contributed by atoms with van der Waals surface area (Å²) in [5.41, 5.74) is 2.67. The molecule has 5 nitrogen and oxygen atoms in total. The van der Waals surface area contributed by atoms with E-state index in [0.717, 1.165) is 16.9 Å². The number of benzene rings is 1. The fraction of sp³-hybridized carbons (Fsp3) is 0.0714. The molecular formula is C14H13N4O+. The molecule has 1 aromatic heterocycles. The van der Waals surface area contributed by atoms with Crippen LogP contribution in [-0.4, -0.2) is 27.4 Å². The van der Waals surface area contributed by atoms with Crippen LogP contribution in [-0.2, 0) is 6.54 Å². The van der Waals surface area contributed by atoms with Gasteiger partial charge in [-0.15, -0.1) is 0 Å². The highest BCUT2D eigenvalue weighted by atomic mass is 16.2. The Morgan fingerprint density at radius 3 is 2.89 bits per heavy atom. The molecule has 2 amide bonds. The second-order valence-corrected chi connectivity index (χ2v) is 4.26. The van der Waals surface area contributed by atoms with E-state index in [9.17, 15) is 4.79 Å². The normalized spacial score (nSPS) is 13.7. The maximum atomic E-state index is 12.1. The molecule has 1 aliphatic heterocycles. The van der Waals surface area contributed by atoms with Gasteiger partial charge in [0, 0.05) is 23.5 Å². The summed E-state index contributed by atoms with van der Waals surface area (Å²) in [7, 11) is 0. The quantitative estimate of drug-likeness (QED) is 0.660. The average molecular weight is 253 g/mol. The molecule has 0 radical (unpaired) electrons. The number of hydrogen-bond acceptors (Lipinski definition) is 2. The second-order valence-electron chi connectivity index (χ2n) is 4.26. The maximum Gasteiger partial charge on any atom is 0.375 e. The summed E-state index contributed by atoms with van der Waals surface area (Å²) < 4.78 is 1.55. The van der Waals surface area contributed by atoms with Crippen molar-refractivity contribution >= 4 is 24.1 Å². The monoisotopic (exact) mass is 253 g/mol. The van der Waals surface area contributed by atoms with Crippen molar-refractivity contribution in [3.63, 3.8) is 0 Å². The maximum absolute atomic E-state index is 12.1. The first-order valence-electron chi connectivity index (χ1n) is 5.93. The molecule has 0 unspecified atom stereocenters. The Morgan fingerprint density at radius 1 is 1.26 bits per heavy atom. The van der Waals surface area contributed by atoms with E-state index in [1.165, 1.54) is 0 Å². The van der Waals surface area contributed by atoms with Gasteiger partial charge in [-0.1, -0.05) is 27.9 Å². The lowest BCUT2D eigenvalue weighted by atomic mass is 10.1. The number of nitrogens with zero attached hydrogens (tertiary/aromatic N) is 3. The highest BCUT2D eigenvalue weighted by molar-refractivity contribution is 5.91. The predicted octanol–water partition coefficient (Wildman–Crippen LogP) is 2.39. The van der Waals surface area contributed by atoms with E-state index in [1.807, 2.05) is 36.4 Å². The topological polar surface area (TPSA) is 48.2 Å². The third kappa shape index (κ3) is 2.06. The van der Waals surface area contributed by atoms with E-state index in [4.69, 9.17) is 0 Å². The first-order valence-corrected chi connectivity index (χ1v) is 5.93. The van der Waals surface area contributed by atoms with Gasteiger partial charge in [0.2, 0.25) is 0 Å².